The summed E-state index contributed by atoms with van der Waals surface area (Å²) in [6.45, 7) is 0. The molecule has 0 aromatic heterocycles. The Morgan fingerprint density at radius 2 is 1.77 bits per heavy atom. The first-order valence-corrected chi connectivity index (χ1v) is 6.94. The molecule has 0 spiro atoms. The molecule has 5 nitrogen and oxygen atoms in total. The molecule has 0 fully saturated rings. The summed E-state index contributed by atoms with van der Waals surface area (Å²) in [5.74, 6) is -0.495. The quantitative estimate of drug-likeness (QED) is 0.907. The zero-order chi connectivity index (χ0) is 15.5. The molecule has 2 atom stereocenters. The standard InChI is InChI=1S/C17H15NO4/c19-13-8-6-11(7-9-13)10-14-15(17(20)21)22-16(18-14)12-4-2-1-3-5-12/h1-9,14-15,19H,10H2,(H,20,21)/t14-,15+/m0/s1. The van der Waals surface area contributed by atoms with Crippen LogP contribution in [-0.4, -0.2) is 34.2 Å². The molecule has 112 valence electrons. The van der Waals surface area contributed by atoms with E-state index in [1.807, 2.05) is 30.3 Å². The maximum Gasteiger partial charge on any atom is 0.347 e. The van der Waals surface area contributed by atoms with Crippen LogP contribution in [0.4, 0.5) is 0 Å². The molecule has 2 aromatic carbocycles. The number of aromatic hydroxyl groups is 1. The van der Waals surface area contributed by atoms with E-state index in [9.17, 15) is 15.0 Å². The molecule has 2 N–H and O–H groups in total. The van der Waals surface area contributed by atoms with Crippen molar-refractivity contribution in [2.24, 2.45) is 4.99 Å². The van der Waals surface area contributed by atoms with Gasteiger partial charge in [-0.1, -0.05) is 30.3 Å². The lowest BCUT2D eigenvalue weighted by atomic mass is 10.0. The number of carboxylic acid groups (broad SMARTS) is 1. The number of rotatable bonds is 4. The second-order valence-corrected chi connectivity index (χ2v) is 5.11. The summed E-state index contributed by atoms with van der Waals surface area (Å²) in [5.41, 5.74) is 1.66. The first-order valence-electron chi connectivity index (χ1n) is 6.94. The van der Waals surface area contributed by atoms with E-state index in [0.717, 1.165) is 11.1 Å². The number of carbonyl (C=O) groups is 1. The van der Waals surface area contributed by atoms with Crippen LogP contribution in [0.25, 0.3) is 0 Å². The molecule has 0 unspecified atom stereocenters. The Balaban J connectivity index is 1.84. The third-order valence-electron chi connectivity index (χ3n) is 3.52. The summed E-state index contributed by atoms with van der Waals surface area (Å²) >= 11 is 0. The smallest absolute Gasteiger partial charge is 0.347 e. The molecule has 5 heteroatoms. The molecule has 0 aliphatic carbocycles. The lowest BCUT2D eigenvalue weighted by molar-refractivity contribution is -0.145. The summed E-state index contributed by atoms with van der Waals surface area (Å²) in [6, 6.07) is 15.4. The van der Waals surface area contributed by atoms with Gasteiger partial charge in [0.15, 0.2) is 0 Å². The fraction of sp³-hybridized carbons (Fsp3) is 0.176. The van der Waals surface area contributed by atoms with E-state index in [-0.39, 0.29) is 5.75 Å². The van der Waals surface area contributed by atoms with E-state index >= 15 is 0 Å². The number of hydrogen-bond acceptors (Lipinski definition) is 4. The summed E-state index contributed by atoms with van der Waals surface area (Å²) in [6.07, 6.45) is -0.558. The third-order valence-corrected chi connectivity index (χ3v) is 3.52. The number of benzene rings is 2. The number of phenolic OH excluding ortho intramolecular Hbond substituents is 1. The predicted molar refractivity (Wildman–Crippen MR) is 81.1 cm³/mol. The normalized spacial score (nSPS) is 20.3. The van der Waals surface area contributed by atoms with Crippen molar-refractivity contribution in [1.29, 1.82) is 0 Å². The van der Waals surface area contributed by atoms with Crippen molar-refractivity contribution in [3.05, 3.63) is 65.7 Å². The minimum atomic E-state index is -1.03. The fourth-order valence-electron chi connectivity index (χ4n) is 2.41. The van der Waals surface area contributed by atoms with Crippen molar-refractivity contribution in [2.75, 3.05) is 0 Å². The van der Waals surface area contributed by atoms with Crippen molar-refractivity contribution in [3.63, 3.8) is 0 Å². The molecule has 3 rings (SSSR count). The van der Waals surface area contributed by atoms with Gasteiger partial charge in [-0.2, -0.15) is 0 Å². The van der Waals surface area contributed by atoms with Gasteiger partial charge in [-0.25, -0.2) is 9.79 Å². The van der Waals surface area contributed by atoms with E-state index in [1.54, 1.807) is 24.3 Å². The molecule has 1 heterocycles. The molecule has 0 amide bonds. The van der Waals surface area contributed by atoms with Gasteiger partial charge in [0, 0.05) is 5.56 Å². The molecule has 1 aliphatic heterocycles. The number of aliphatic imine (C=N–C) groups is 1. The number of aliphatic carboxylic acids is 1. The third kappa shape index (κ3) is 2.93. The average molecular weight is 297 g/mol. The summed E-state index contributed by atoms with van der Waals surface area (Å²) in [7, 11) is 0. The van der Waals surface area contributed by atoms with E-state index in [4.69, 9.17) is 4.74 Å². The van der Waals surface area contributed by atoms with Crippen LogP contribution in [-0.2, 0) is 16.0 Å². The van der Waals surface area contributed by atoms with E-state index in [2.05, 4.69) is 4.99 Å². The highest BCUT2D eigenvalue weighted by Gasteiger charge is 2.37. The largest absolute Gasteiger partial charge is 0.508 e. The van der Waals surface area contributed by atoms with Crippen molar-refractivity contribution in [1.82, 2.24) is 0 Å². The zero-order valence-electron chi connectivity index (χ0n) is 11.7. The fourth-order valence-corrected chi connectivity index (χ4v) is 2.41. The van der Waals surface area contributed by atoms with Gasteiger partial charge in [-0.05, 0) is 36.2 Å². The maximum absolute atomic E-state index is 11.4. The highest BCUT2D eigenvalue weighted by atomic mass is 16.5. The maximum atomic E-state index is 11.4. The highest BCUT2D eigenvalue weighted by molar-refractivity contribution is 5.97. The summed E-state index contributed by atoms with van der Waals surface area (Å²) in [5, 5.41) is 18.6. The minimum Gasteiger partial charge on any atom is -0.508 e. The zero-order valence-corrected chi connectivity index (χ0v) is 11.7. The van der Waals surface area contributed by atoms with Crippen molar-refractivity contribution < 1.29 is 19.7 Å². The van der Waals surface area contributed by atoms with E-state index in [1.165, 1.54) is 0 Å². The number of phenols is 1. The number of hydrogen-bond donors (Lipinski definition) is 2. The highest BCUT2D eigenvalue weighted by Crippen LogP contribution is 2.22. The Morgan fingerprint density at radius 3 is 2.41 bits per heavy atom. The molecule has 0 bridgehead atoms. The molecular weight excluding hydrogens is 282 g/mol. The van der Waals surface area contributed by atoms with Gasteiger partial charge in [0.05, 0.1) is 0 Å². The topological polar surface area (TPSA) is 79.1 Å². The molecule has 1 aliphatic rings. The van der Waals surface area contributed by atoms with E-state index in [0.29, 0.717) is 12.3 Å². The molecule has 0 saturated carbocycles. The summed E-state index contributed by atoms with van der Waals surface area (Å²) in [4.78, 5) is 15.8. The molecule has 2 aromatic rings. The van der Waals surface area contributed by atoms with Gasteiger partial charge in [0.25, 0.3) is 0 Å². The van der Waals surface area contributed by atoms with E-state index < -0.39 is 18.1 Å². The van der Waals surface area contributed by atoms with Gasteiger partial charge < -0.3 is 14.9 Å². The number of nitrogens with zero attached hydrogens (tertiary/aromatic N) is 1. The molecule has 22 heavy (non-hydrogen) atoms. The van der Waals surface area contributed by atoms with Crippen LogP contribution < -0.4 is 0 Å². The second kappa shape index (κ2) is 5.89. The first-order chi connectivity index (χ1) is 10.6. The average Bonchev–Trinajstić information content (AvgIpc) is 2.95. The SMILES string of the molecule is O=C(O)[C@@H]1OC(c2ccccc2)=N[C@H]1Cc1ccc(O)cc1. The van der Waals surface area contributed by atoms with Crippen LogP contribution in [0.1, 0.15) is 11.1 Å². The Labute approximate surface area is 127 Å². The van der Waals surface area contributed by atoms with Gasteiger partial charge in [-0.3, -0.25) is 0 Å². The summed E-state index contributed by atoms with van der Waals surface area (Å²) < 4.78 is 5.52. The van der Waals surface area contributed by atoms with Crippen molar-refractivity contribution in [3.8, 4) is 5.75 Å². The van der Waals surface area contributed by atoms with Gasteiger partial charge in [0.2, 0.25) is 12.0 Å². The van der Waals surface area contributed by atoms with Crippen LogP contribution in [0.15, 0.2) is 59.6 Å². The van der Waals surface area contributed by atoms with Crippen molar-refractivity contribution >= 4 is 11.9 Å². The Bertz CT molecular complexity index is 694. The van der Waals surface area contributed by atoms with Crippen LogP contribution in [0.2, 0.25) is 0 Å². The monoisotopic (exact) mass is 297 g/mol. The first kappa shape index (κ1) is 14.1. The van der Waals surface area contributed by atoms with Crippen molar-refractivity contribution in [2.45, 2.75) is 18.6 Å². The Kier molecular flexibility index (Phi) is 3.78. The van der Waals surface area contributed by atoms with Crippen LogP contribution in [0, 0.1) is 0 Å². The van der Waals surface area contributed by atoms with Gasteiger partial charge in [-0.15, -0.1) is 0 Å². The lowest BCUT2D eigenvalue weighted by Gasteiger charge is -2.13. The predicted octanol–water partition coefficient (Wildman–Crippen LogP) is 2.23. The molecule has 0 radical (unpaired) electrons. The number of carboxylic acids is 1. The molecule has 0 saturated heterocycles. The minimum absolute atomic E-state index is 0.176. The van der Waals surface area contributed by atoms with Crippen LogP contribution >= 0.6 is 0 Å². The molecular formula is C17H15NO4. The Hall–Kier alpha value is -2.82. The lowest BCUT2D eigenvalue weighted by Crippen LogP contribution is -2.32. The number of ether oxygens (including phenoxy) is 1. The second-order valence-electron chi connectivity index (χ2n) is 5.11. The van der Waals surface area contributed by atoms with Crippen LogP contribution in [0.3, 0.4) is 0 Å². The van der Waals surface area contributed by atoms with Gasteiger partial charge >= 0.3 is 5.97 Å². The Morgan fingerprint density at radius 1 is 1.09 bits per heavy atom. The van der Waals surface area contributed by atoms with Crippen LogP contribution in [0.5, 0.6) is 5.75 Å². The van der Waals surface area contributed by atoms with Gasteiger partial charge in [0.1, 0.15) is 11.8 Å².